The molecule has 0 spiro atoms. The topological polar surface area (TPSA) is 44.8 Å². The van der Waals surface area contributed by atoms with Crippen LogP contribution in [0.4, 0.5) is 0 Å². The van der Waals surface area contributed by atoms with Crippen molar-refractivity contribution in [3.63, 3.8) is 0 Å². The van der Waals surface area contributed by atoms with E-state index < -0.39 is 5.41 Å². The second-order valence-electron chi connectivity index (χ2n) is 3.60. The summed E-state index contributed by atoms with van der Waals surface area (Å²) >= 11 is 0. The fourth-order valence-corrected chi connectivity index (χ4v) is 2.17. The maximum absolute atomic E-state index is 11.6. The summed E-state index contributed by atoms with van der Waals surface area (Å²) in [5.41, 5.74) is -0.507. The van der Waals surface area contributed by atoms with E-state index in [9.17, 15) is 4.79 Å². The minimum atomic E-state index is -0.507. The molecular weight excluding hydrogens is 172 g/mol. The number of carbonyl (C=O) groups is 1. The van der Waals surface area contributed by atoms with Crippen molar-refractivity contribution in [1.29, 1.82) is 0 Å². The summed E-state index contributed by atoms with van der Waals surface area (Å²) in [5.74, 6) is -0.185. The summed E-state index contributed by atoms with van der Waals surface area (Å²) < 4.78 is 15.6. The monoisotopic (exact) mass is 186 g/mol. The zero-order valence-corrected chi connectivity index (χ0v) is 7.75. The van der Waals surface area contributed by atoms with E-state index in [4.69, 9.17) is 14.2 Å². The predicted octanol–water partition coefficient (Wildman–Crippen LogP) is 0.355. The smallest absolute Gasteiger partial charge is 0.316 e. The first-order chi connectivity index (χ1) is 6.29. The minimum Gasteiger partial charge on any atom is -0.468 e. The Balaban J connectivity index is 2.20. The van der Waals surface area contributed by atoms with Crippen molar-refractivity contribution in [3.05, 3.63) is 0 Å². The number of ether oxygens (including phenoxy) is 3. The molecule has 2 atom stereocenters. The van der Waals surface area contributed by atoms with Gasteiger partial charge >= 0.3 is 5.97 Å². The van der Waals surface area contributed by atoms with Gasteiger partial charge in [0.15, 0.2) is 0 Å². The average Bonchev–Trinajstić information content (AvgIpc) is 2.61. The van der Waals surface area contributed by atoms with E-state index in [1.807, 2.05) is 0 Å². The Kier molecular flexibility index (Phi) is 2.26. The predicted molar refractivity (Wildman–Crippen MR) is 44.2 cm³/mol. The third-order valence-corrected chi connectivity index (χ3v) is 2.96. The van der Waals surface area contributed by atoms with Gasteiger partial charge in [-0.1, -0.05) is 0 Å². The Hall–Kier alpha value is -0.610. The fraction of sp³-hybridized carbons (Fsp3) is 0.889. The highest BCUT2D eigenvalue weighted by molar-refractivity contribution is 5.78. The van der Waals surface area contributed by atoms with Gasteiger partial charge in [0, 0.05) is 13.2 Å². The van der Waals surface area contributed by atoms with Crippen LogP contribution in [0.25, 0.3) is 0 Å². The van der Waals surface area contributed by atoms with Crippen LogP contribution in [-0.4, -0.2) is 39.0 Å². The van der Waals surface area contributed by atoms with Gasteiger partial charge in [-0.05, 0) is 12.8 Å². The van der Waals surface area contributed by atoms with Crippen molar-refractivity contribution in [3.8, 4) is 0 Å². The number of carbonyl (C=O) groups excluding carboxylic acids is 1. The van der Waals surface area contributed by atoms with Crippen LogP contribution in [0, 0.1) is 5.41 Å². The molecule has 0 aromatic rings. The molecule has 2 aliphatic heterocycles. The highest BCUT2D eigenvalue weighted by Gasteiger charge is 2.53. The molecule has 4 heteroatoms. The van der Waals surface area contributed by atoms with Crippen LogP contribution in [0.2, 0.25) is 0 Å². The van der Waals surface area contributed by atoms with Crippen molar-refractivity contribution >= 4 is 5.97 Å². The van der Waals surface area contributed by atoms with Gasteiger partial charge in [0.1, 0.15) is 5.41 Å². The lowest BCUT2D eigenvalue weighted by atomic mass is 9.79. The Morgan fingerprint density at radius 3 is 3.15 bits per heavy atom. The molecule has 74 valence electrons. The summed E-state index contributed by atoms with van der Waals surface area (Å²) in [5, 5.41) is 0. The summed E-state index contributed by atoms with van der Waals surface area (Å²) in [7, 11) is 1.42. The van der Waals surface area contributed by atoms with Crippen molar-refractivity contribution in [2.75, 3.05) is 26.9 Å². The van der Waals surface area contributed by atoms with Crippen molar-refractivity contribution in [2.45, 2.75) is 18.9 Å². The van der Waals surface area contributed by atoms with Gasteiger partial charge in [0.05, 0.1) is 19.8 Å². The molecule has 2 fully saturated rings. The average molecular weight is 186 g/mol. The van der Waals surface area contributed by atoms with Gasteiger partial charge in [0.25, 0.3) is 0 Å². The highest BCUT2D eigenvalue weighted by atomic mass is 16.5. The molecule has 13 heavy (non-hydrogen) atoms. The SMILES string of the molecule is COC(=O)[C@@]12CCO[C@@H]1CCOC2. The molecule has 0 aromatic carbocycles. The largest absolute Gasteiger partial charge is 0.468 e. The van der Waals surface area contributed by atoms with Crippen molar-refractivity contribution in [2.24, 2.45) is 5.41 Å². The first-order valence-electron chi connectivity index (χ1n) is 4.57. The van der Waals surface area contributed by atoms with Crippen LogP contribution in [-0.2, 0) is 19.0 Å². The van der Waals surface area contributed by atoms with E-state index >= 15 is 0 Å². The number of fused-ring (bicyclic) bond motifs is 1. The Morgan fingerprint density at radius 1 is 1.54 bits per heavy atom. The van der Waals surface area contributed by atoms with E-state index in [0.29, 0.717) is 19.8 Å². The normalized spacial score (nSPS) is 38.4. The first kappa shape index (κ1) is 8.97. The van der Waals surface area contributed by atoms with Gasteiger partial charge in [-0.25, -0.2) is 0 Å². The Morgan fingerprint density at radius 2 is 2.38 bits per heavy atom. The second-order valence-corrected chi connectivity index (χ2v) is 3.60. The second kappa shape index (κ2) is 3.27. The summed E-state index contributed by atoms with van der Waals surface area (Å²) in [4.78, 5) is 11.6. The third kappa shape index (κ3) is 1.25. The van der Waals surface area contributed by atoms with E-state index in [2.05, 4.69) is 0 Å². The number of hydrogen-bond acceptors (Lipinski definition) is 4. The maximum Gasteiger partial charge on any atom is 0.316 e. The van der Waals surface area contributed by atoms with Crippen LogP contribution in [0.3, 0.4) is 0 Å². The highest BCUT2D eigenvalue weighted by Crippen LogP contribution is 2.40. The molecule has 0 N–H and O–H groups in total. The standard InChI is InChI=1S/C9H14O4/c1-11-8(10)9-3-5-13-7(9)2-4-12-6-9/h7H,2-6H2,1H3/t7-,9-/m1/s1. The molecule has 0 bridgehead atoms. The van der Waals surface area contributed by atoms with E-state index in [-0.39, 0.29) is 12.1 Å². The first-order valence-corrected chi connectivity index (χ1v) is 4.57. The van der Waals surface area contributed by atoms with Crippen molar-refractivity contribution in [1.82, 2.24) is 0 Å². The molecule has 0 saturated carbocycles. The van der Waals surface area contributed by atoms with E-state index in [1.54, 1.807) is 0 Å². The number of methoxy groups -OCH3 is 1. The summed E-state index contributed by atoms with van der Waals surface area (Å²) in [6.07, 6.45) is 1.54. The third-order valence-electron chi connectivity index (χ3n) is 2.96. The van der Waals surface area contributed by atoms with Crippen LogP contribution in [0.5, 0.6) is 0 Å². The molecule has 0 amide bonds. The lowest BCUT2D eigenvalue weighted by Crippen LogP contribution is -2.47. The summed E-state index contributed by atoms with van der Waals surface area (Å²) in [6.45, 7) is 1.77. The van der Waals surface area contributed by atoms with Crippen LogP contribution >= 0.6 is 0 Å². The molecule has 0 aromatic heterocycles. The van der Waals surface area contributed by atoms with Crippen LogP contribution in [0.1, 0.15) is 12.8 Å². The van der Waals surface area contributed by atoms with Gasteiger partial charge in [-0.15, -0.1) is 0 Å². The Bertz CT molecular complexity index is 216. The molecule has 0 aliphatic carbocycles. The quantitative estimate of drug-likeness (QED) is 0.554. The summed E-state index contributed by atoms with van der Waals surface area (Å²) in [6, 6.07) is 0. The molecule has 2 heterocycles. The van der Waals surface area contributed by atoms with E-state index in [1.165, 1.54) is 7.11 Å². The van der Waals surface area contributed by atoms with Crippen LogP contribution in [0.15, 0.2) is 0 Å². The fourth-order valence-electron chi connectivity index (χ4n) is 2.17. The maximum atomic E-state index is 11.6. The lowest BCUT2D eigenvalue weighted by molar-refractivity contribution is -0.168. The van der Waals surface area contributed by atoms with Gasteiger partial charge < -0.3 is 14.2 Å². The van der Waals surface area contributed by atoms with Gasteiger partial charge in [-0.3, -0.25) is 4.79 Å². The molecular formula is C9H14O4. The zero-order chi connectivity index (χ0) is 9.31. The molecule has 0 radical (unpaired) electrons. The van der Waals surface area contributed by atoms with Gasteiger partial charge in [0.2, 0.25) is 0 Å². The lowest BCUT2D eigenvalue weighted by Gasteiger charge is -2.34. The Labute approximate surface area is 77.1 Å². The number of esters is 1. The molecule has 2 aliphatic rings. The molecule has 2 saturated heterocycles. The minimum absolute atomic E-state index is 0.00806. The number of rotatable bonds is 1. The molecule has 4 nitrogen and oxygen atoms in total. The van der Waals surface area contributed by atoms with E-state index in [0.717, 1.165) is 12.8 Å². The van der Waals surface area contributed by atoms with Crippen LogP contribution < -0.4 is 0 Å². The number of hydrogen-bond donors (Lipinski definition) is 0. The zero-order valence-electron chi connectivity index (χ0n) is 7.75. The van der Waals surface area contributed by atoms with Gasteiger partial charge in [-0.2, -0.15) is 0 Å². The van der Waals surface area contributed by atoms with Crippen molar-refractivity contribution < 1.29 is 19.0 Å². The molecule has 2 rings (SSSR count). The molecule has 0 unspecified atom stereocenters.